The quantitative estimate of drug-likeness (QED) is 0.506. The molecule has 2 aromatic rings. The maximum atomic E-state index is 13.3. The average Bonchev–Trinajstić information content (AvgIpc) is 2.77. The summed E-state index contributed by atoms with van der Waals surface area (Å²) in [6, 6.07) is 9.16. The molecule has 1 fully saturated rings. The number of halogens is 3. The van der Waals surface area contributed by atoms with Crippen molar-refractivity contribution in [3.63, 3.8) is 0 Å². The van der Waals surface area contributed by atoms with Crippen molar-refractivity contribution in [1.29, 1.82) is 0 Å². The van der Waals surface area contributed by atoms with Crippen molar-refractivity contribution in [3.05, 3.63) is 53.1 Å². The minimum Gasteiger partial charge on any atom is -0.435 e. The van der Waals surface area contributed by atoms with Crippen molar-refractivity contribution >= 4 is 37.2 Å². The molecule has 0 aromatic heterocycles. The molecule has 0 saturated carbocycles. The minimum atomic E-state index is -3.83. The zero-order valence-electron chi connectivity index (χ0n) is 19.4. The Hall–Kier alpha value is -2.24. The molecule has 1 saturated heterocycles. The summed E-state index contributed by atoms with van der Waals surface area (Å²) >= 11 is 5.98. The van der Waals surface area contributed by atoms with Crippen molar-refractivity contribution in [2.75, 3.05) is 19.3 Å². The van der Waals surface area contributed by atoms with E-state index in [2.05, 4.69) is 4.74 Å². The maximum absolute atomic E-state index is 13.3. The molecule has 0 aliphatic carbocycles. The second kappa shape index (κ2) is 10.0. The molecule has 1 aliphatic heterocycles. The van der Waals surface area contributed by atoms with E-state index in [0.717, 1.165) is 24.5 Å². The molecule has 1 amide bonds. The van der Waals surface area contributed by atoms with Gasteiger partial charge in [0.05, 0.1) is 20.1 Å². The number of ether oxygens (including phenoxy) is 1. The van der Waals surface area contributed by atoms with Crippen LogP contribution >= 0.6 is 11.6 Å². The van der Waals surface area contributed by atoms with Gasteiger partial charge in [-0.2, -0.15) is 8.78 Å². The summed E-state index contributed by atoms with van der Waals surface area (Å²) in [4.78, 5) is 14.4. The number of nitrogens with zero attached hydrogens (tertiary/aromatic N) is 1. The maximum Gasteiger partial charge on any atom is 0.387 e. The van der Waals surface area contributed by atoms with Gasteiger partial charge in [0.2, 0.25) is 0 Å². The van der Waals surface area contributed by atoms with E-state index in [9.17, 15) is 30.4 Å². The highest BCUT2D eigenvalue weighted by Crippen LogP contribution is 2.39. The van der Waals surface area contributed by atoms with Gasteiger partial charge in [0, 0.05) is 24.4 Å². The summed E-state index contributed by atoms with van der Waals surface area (Å²) < 4.78 is 79.5. The molecule has 2 aromatic carbocycles. The van der Waals surface area contributed by atoms with Crippen LogP contribution in [-0.2, 0) is 19.7 Å². The van der Waals surface area contributed by atoms with E-state index in [1.165, 1.54) is 17.0 Å². The van der Waals surface area contributed by atoms with Gasteiger partial charge in [0.1, 0.15) is 5.75 Å². The van der Waals surface area contributed by atoms with Crippen molar-refractivity contribution < 1.29 is 35.1 Å². The summed E-state index contributed by atoms with van der Waals surface area (Å²) in [6.07, 6.45) is 1.61. The third-order valence-electron chi connectivity index (χ3n) is 6.37. The average molecular weight is 550 g/mol. The fourth-order valence-corrected chi connectivity index (χ4v) is 7.22. The van der Waals surface area contributed by atoms with Gasteiger partial charge in [-0.25, -0.2) is 16.8 Å². The lowest BCUT2D eigenvalue weighted by Gasteiger charge is -2.40. The summed E-state index contributed by atoms with van der Waals surface area (Å²) in [5.74, 6) is -1.28. The second-order valence-electron chi connectivity index (χ2n) is 8.94. The van der Waals surface area contributed by atoms with Crippen molar-refractivity contribution in [3.8, 4) is 5.75 Å². The molecule has 3 rings (SSSR count). The molecule has 192 valence electrons. The highest BCUT2D eigenvalue weighted by atomic mass is 35.5. The van der Waals surface area contributed by atoms with Crippen LogP contribution in [0.15, 0.2) is 52.3 Å². The molecule has 0 radical (unpaired) electrons. The van der Waals surface area contributed by atoms with Crippen LogP contribution in [0, 0.1) is 5.92 Å². The minimum absolute atomic E-state index is 0.113. The van der Waals surface area contributed by atoms with Gasteiger partial charge < -0.3 is 9.64 Å². The van der Waals surface area contributed by atoms with Gasteiger partial charge in [-0.15, -0.1) is 0 Å². The lowest BCUT2D eigenvalue weighted by Crippen LogP contribution is -2.47. The third kappa shape index (κ3) is 5.78. The molecular weight excluding hydrogens is 524 g/mol. The van der Waals surface area contributed by atoms with Crippen LogP contribution in [0.25, 0.3) is 0 Å². The van der Waals surface area contributed by atoms with Gasteiger partial charge in [-0.05, 0) is 69.0 Å². The normalized spacial score (nSPS) is 15.9. The molecule has 0 spiro atoms. The number of carbonyl (C=O) groups excluding carboxylic acids is 1. The Morgan fingerprint density at radius 2 is 1.71 bits per heavy atom. The highest BCUT2D eigenvalue weighted by Gasteiger charge is 2.44. The number of carbonyl (C=O) groups is 1. The van der Waals surface area contributed by atoms with Crippen LogP contribution in [0.2, 0.25) is 5.02 Å². The van der Waals surface area contributed by atoms with E-state index in [-0.39, 0.29) is 40.1 Å². The smallest absolute Gasteiger partial charge is 0.387 e. The van der Waals surface area contributed by atoms with E-state index < -0.39 is 36.9 Å². The first-order valence-electron chi connectivity index (χ1n) is 10.7. The topological polar surface area (TPSA) is 97.8 Å². The number of rotatable bonds is 7. The number of likely N-dealkylation sites (tertiary alicyclic amines) is 1. The molecule has 0 bridgehead atoms. The summed E-state index contributed by atoms with van der Waals surface area (Å²) in [6.45, 7) is 0.472. The Morgan fingerprint density at radius 3 is 2.26 bits per heavy atom. The number of benzene rings is 2. The first kappa shape index (κ1) is 27.3. The Balaban J connectivity index is 1.83. The lowest BCUT2D eigenvalue weighted by molar-refractivity contribution is -0.0499. The fraction of sp³-hybridized carbons (Fsp3) is 0.435. The first-order valence-corrected chi connectivity index (χ1v) is 14.5. The van der Waals surface area contributed by atoms with Gasteiger partial charge in [0.15, 0.2) is 19.7 Å². The predicted molar refractivity (Wildman–Crippen MR) is 128 cm³/mol. The Labute approximate surface area is 208 Å². The monoisotopic (exact) mass is 549 g/mol. The van der Waals surface area contributed by atoms with E-state index >= 15 is 0 Å². The zero-order valence-corrected chi connectivity index (χ0v) is 21.8. The number of hydrogen-bond donors (Lipinski definition) is 0. The molecule has 0 atom stereocenters. The van der Waals surface area contributed by atoms with Crippen molar-refractivity contribution in [2.24, 2.45) is 5.92 Å². The van der Waals surface area contributed by atoms with Gasteiger partial charge in [0.25, 0.3) is 5.91 Å². The molecule has 0 unspecified atom stereocenters. The number of amides is 1. The predicted octanol–water partition coefficient (Wildman–Crippen LogP) is 4.45. The fourth-order valence-electron chi connectivity index (χ4n) is 4.28. The zero-order chi connectivity index (χ0) is 26.2. The summed E-state index contributed by atoms with van der Waals surface area (Å²) in [5, 5.41) is 0.307. The largest absolute Gasteiger partial charge is 0.435 e. The SMILES string of the molecule is CC(C)(C1CCN(C(=O)c2cc(OC(F)F)ccc2S(C)(=O)=O)CC1)S(=O)(=O)c1cccc(Cl)c1. The molecule has 1 heterocycles. The standard InChI is InChI=1S/C23H26ClF2NO6S2/c1-23(2,35(31,32)18-6-4-5-16(24)13-18)15-9-11-27(12-10-15)21(28)19-14-17(33-22(25)26)7-8-20(19)34(3,29)30/h4-8,13-15,22H,9-12H2,1-3H3. The molecular formula is C23H26ClF2NO6S2. The highest BCUT2D eigenvalue weighted by molar-refractivity contribution is 7.92. The third-order valence-corrected chi connectivity index (χ3v) is 10.4. The van der Waals surface area contributed by atoms with Gasteiger partial charge in [-0.1, -0.05) is 17.7 Å². The van der Waals surface area contributed by atoms with Crippen molar-refractivity contribution in [2.45, 2.75) is 47.8 Å². The second-order valence-corrected chi connectivity index (χ2v) is 13.9. The van der Waals surface area contributed by atoms with Crippen LogP contribution < -0.4 is 4.74 Å². The van der Waals surface area contributed by atoms with Crippen LogP contribution in [0.4, 0.5) is 8.78 Å². The number of alkyl halides is 2. The van der Waals surface area contributed by atoms with E-state index in [1.54, 1.807) is 26.0 Å². The molecule has 7 nitrogen and oxygen atoms in total. The van der Waals surface area contributed by atoms with Gasteiger partial charge in [-0.3, -0.25) is 4.79 Å². The Morgan fingerprint density at radius 1 is 1.09 bits per heavy atom. The Bertz CT molecular complexity index is 1320. The molecule has 12 heteroatoms. The van der Waals surface area contributed by atoms with E-state index in [4.69, 9.17) is 11.6 Å². The molecule has 0 N–H and O–H groups in total. The van der Waals surface area contributed by atoms with Crippen LogP contribution in [0.5, 0.6) is 5.75 Å². The van der Waals surface area contributed by atoms with Crippen molar-refractivity contribution in [1.82, 2.24) is 4.90 Å². The Kier molecular flexibility index (Phi) is 7.83. The van der Waals surface area contributed by atoms with Gasteiger partial charge >= 0.3 is 6.61 Å². The van der Waals surface area contributed by atoms with E-state index in [1.807, 2.05) is 0 Å². The van der Waals surface area contributed by atoms with E-state index in [0.29, 0.717) is 17.9 Å². The molecule has 35 heavy (non-hydrogen) atoms. The molecule has 1 aliphatic rings. The van der Waals surface area contributed by atoms with Crippen LogP contribution in [0.3, 0.4) is 0 Å². The summed E-state index contributed by atoms with van der Waals surface area (Å²) in [7, 11) is -7.58. The number of hydrogen-bond acceptors (Lipinski definition) is 6. The number of sulfone groups is 2. The van der Waals surface area contributed by atoms with Crippen LogP contribution in [0.1, 0.15) is 37.0 Å². The number of piperidine rings is 1. The lowest BCUT2D eigenvalue weighted by atomic mass is 9.85. The van der Waals surface area contributed by atoms with Crippen LogP contribution in [-0.4, -0.2) is 58.3 Å². The summed E-state index contributed by atoms with van der Waals surface area (Å²) in [5.41, 5.74) is -0.269. The first-order chi connectivity index (χ1) is 16.1.